The molecule has 0 amide bonds. The monoisotopic (exact) mass is 301 g/mol. The standard InChI is InChI=1S/C7H3ClF3N3O3S/c8-18(15,16)4-1-3(2-12)14-6(5(4)13)17-7(9,10)11/h1H,13H2. The van der Waals surface area contributed by atoms with Crippen LogP contribution in [0.1, 0.15) is 5.69 Å². The third-order valence-electron chi connectivity index (χ3n) is 1.58. The fourth-order valence-electron chi connectivity index (χ4n) is 0.956. The first kappa shape index (κ1) is 14.3. The predicted molar refractivity (Wildman–Crippen MR) is 53.1 cm³/mol. The van der Waals surface area contributed by atoms with Gasteiger partial charge in [-0.3, -0.25) is 0 Å². The maximum Gasteiger partial charge on any atom is 0.574 e. The van der Waals surface area contributed by atoms with E-state index in [0.717, 1.165) is 0 Å². The number of aromatic nitrogens is 1. The molecule has 0 saturated carbocycles. The molecule has 11 heteroatoms. The number of hydrogen-bond donors (Lipinski definition) is 1. The van der Waals surface area contributed by atoms with Gasteiger partial charge in [-0.1, -0.05) is 0 Å². The van der Waals surface area contributed by atoms with Gasteiger partial charge in [0.25, 0.3) is 9.05 Å². The Morgan fingerprint density at radius 3 is 2.44 bits per heavy atom. The number of ether oxygens (including phenoxy) is 1. The first-order valence-corrected chi connectivity index (χ1v) is 6.26. The smallest absolute Gasteiger partial charge is 0.393 e. The normalized spacial score (nSPS) is 11.9. The molecule has 0 atom stereocenters. The highest BCUT2D eigenvalue weighted by Crippen LogP contribution is 2.33. The van der Waals surface area contributed by atoms with Crippen molar-refractivity contribution in [2.45, 2.75) is 11.3 Å². The van der Waals surface area contributed by atoms with Crippen LogP contribution in [0, 0.1) is 11.3 Å². The summed E-state index contributed by atoms with van der Waals surface area (Å²) in [6.07, 6.45) is -5.14. The molecule has 98 valence electrons. The van der Waals surface area contributed by atoms with Gasteiger partial charge >= 0.3 is 6.36 Å². The van der Waals surface area contributed by atoms with Crippen molar-refractivity contribution in [3.05, 3.63) is 11.8 Å². The Bertz CT molecular complexity index is 623. The second-order valence-corrected chi connectivity index (χ2v) is 5.36. The average Bonchev–Trinajstić information content (AvgIpc) is 2.17. The van der Waals surface area contributed by atoms with Crippen molar-refractivity contribution in [1.29, 1.82) is 5.26 Å². The van der Waals surface area contributed by atoms with Crippen molar-refractivity contribution in [2.24, 2.45) is 0 Å². The number of hydrogen-bond acceptors (Lipinski definition) is 6. The minimum atomic E-state index is -5.14. The Hall–Kier alpha value is -1.73. The van der Waals surface area contributed by atoms with Crippen molar-refractivity contribution < 1.29 is 26.3 Å². The summed E-state index contributed by atoms with van der Waals surface area (Å²) in [4.78, 5) is 2.22. The van der Waals surface area contributed by atoms with Gasteiger partial charge in [-0.15, -0.1) is 13.2 Å². The van der Waals surface area contributed by atoms with Crippen LogP contribution < -0.4 is 10.5 Å². The summed E-state index contributed by atoms with van der Waals surface area (Å²) in [6.45, 7) is 0. The van der Waals surface area contributed by atoms with Crippen molar-refractivity contribution in [2.75, 3.05) is 5.73 Å². The highest BCUT2D eigenvalue weighted by molar-refractivity contribution is 8.13. The van der Waals surface area contributed by atoms with Crippen LogP contribution in [0.3, 0.4) is 0 Å². The fourth-order valence-corrected chi connectivity index (χ4v) is 1.94. The molecule has 1 heterocycles. The van der Waals surface area contributed by atoms with Crippen LogP contribution in [0.5, 0.6) is 5.88 Å². The molecule has 0 spiro atoms. The van der Waals surface area contributed by atoms with E-state index in [1.54, 1.807) is 0 Å². The Morgan fingerprint density at radius 2 is 2.06 bits per heavy atom. The van der Waals surface area contributed by atoms with Crippen LogP contribution in [-0.4, -0.2) is 19.8 Å². The van der Waals surface area contributed by atoms with Crippen LogP contribution in [-0.2, 0) is 9.05 Å². The summed E-state index contributed by atoms with van der Waals surface area (Å²) in [6, 6.07) is 2.00. The number of rotatable bonds is 2. The number of halogens is 4. The molecule has 0 saturated heterocycles. The molecule has 6 nitrogen and oxygen atoms in total. The van der Waals surface area contributed by atoms with Gasteiger partial charge in [0, 0.05) is 10.7 Å². The molecule has 2 N–H and O–H groups in total. The zero-order valence-electron chi connectivity index (χ0n) is 8.19. The molecule has 18 heavy (non-hydrogen) atoms. The molecule has 0 aromatic carbocycles. The van der Waals surface area contributed by atoms with E-state index in [-0.39, 0.29) is 0 Å². The molecule has 0 radical (unpaired) electrons. The first-order valence-electron chi connectivity index (χ1n) is 3.95. The van der Waals surface area contributed by atoms with E-state index in [2.05, 4.69) is 9.72 Å². The molecular formula is C7H3ClF3N3O3S. The predicted octanol–water partition coefficient (Wildman–Crippen LogP) is 1.36. The highest BCUT2D eigenvalue weighted by atomic mass is 35.7. The van der Waals surface area contributed by atoms with Gasteiger partial charge in [-0.05, 0) is 6.07 Å². The van der Waals surface area contributed by atoms with Gasteiger partial charge < -0.3 is 10.5 Å². The molecule has 0 aliphatic heterocycles. The summed E-state index contributed by atoms with van der Waals surface area (Å²) in [5.74, 6) is -1.25. The second kappa shape index (κ2) is 4.51. The summed E-state index contributed by atoms with van der Waals surface area (Å²) in [5, 5.41) is 8.51. The Kier molecular flexibility index (Phi) is 3.59. The topological polar surface area (TPSA) is 106 Å². The Morgan fingerprint density at radius 1 is 1.50 bits per heavy atom. The zero-order chi connectivity index (χ0) is 14.1. The minimum Gasteiger partial charge on any atom is -0.393 e. The number of nitrogens with two attached hydrogens (primary N) is 1. The van der Waals surface area contributed by atoms with E-state index < -0.39 is 37.6 Å². The third-order valence-corrected chi connectivity index (χ3v) is 2.94. The maximum absolute atomic E-state index is 12.0. The Balaban J connectivity index is 3.50. The molecule has 1 aromatic rings. The van der Waals surface area contributed by atoms with E-state index in [0.29, 0.717) is 6.07 Å². The number of nitrogens with zero attached hydrogens (tertiary/aromatic N) is 2. The van der Waals surface area contributed by atoms with Crippen LogP contribution in [0.25, 0.3) is 0 Å². The van der Waals surface area contributed by atoms with Crippen molar-refractivity contribution in [3.63, 3.8) is 0 Å². The third kappa shape index (κ3) is 3.38. The zero-order valence-corrected chi connectivity index (χ0v) is 9.77. The van der Waals surface area contributed by atoms with E-state index in [1.807, 2.05) is 0 Å². The SMILES string of the molecule is N#Cc1cc(S(=O)(=O)Cl)c(N)c(OC(F)(F)F)n1. The van der Waals surface area contributed by atoms with Gasteiger partial charge in [0.1, 0.15) is 22.3 Å². The summed E-state index contributed by atoms with van der Waals surface area (Å²) >= 11 is 0. The van der Waals surface area contributed by atoms with E-state index in [4.69, 9.17) is 21.7 Å². The van der Waals surface area contributed by atoms with Crippen LogP contribution in [0.4, 0.5) is 18.9 Å². The van der Waals surface area contributed by atoms with Crippen molar-refractivity contribution in [1.82, 2.24) is 4.98 Å². The average molecular weight is 302 g/mol. The number of nitrogen functional groups attached to an aromatic ring is 1. The molecule has 0 fully saturated rings. The molecule has 0 bridgehead atoms. The van der Waals surface area contributed by atoms with Gasteiger partial charge in [0.15, 0.2) is 0 Å². The molecule has 0 unspecified atom stereocenters. The van der Waals surface area contributed by atoms with E-state index in [9.17, 15) is 21.6 Å². The van der Waals surface area contributed by atoms with Gasteiger partial charge in [-0.25, -0.2) is 13.4 Å². The van der Waals surface area contributed by atoms with E-state index in [1.165, 1.54) is 6.07 Å². The van der Waals surface area contributed by atoms with Gasteiger partial charge in [0.05, 0.1) is 0 Å². The Labute approximate surface area is 103 Å². The van der Waals surface area contributed by atoms with Crippen molar-refractivity contribution in [3.8, 4) is 11.9 Å². The molecular weight excluding hydrogens is 299 g/mol. The lowest BCUT2D eigenvalue weighted by molar-refractivity contribution is -0.275. The lowest BCUT2D eigenvalue weighted by Crippen LogP contribution is -2.20. The lowest BCUT2D eigenvalue weighted by Gasteiger charge is -2.11. The number of alkyl halides is 3. The summed E-state index contributed by atoms with van der Waals surface area (Å²) in [5.41, 5.74) is 3.57. The largest absolute Gasteiger partial charge is 0.574 e. The molecule has 0 aliphatic carbocycles. The minimum absolute atomic E-state index is 0.636. The molecule has 0 aliphatic rings. The first-order chi connectivity index (χ1) is 8.04. The van der Waals surface area contributed by atoms with Crippen LogP contribution in [0.2, 0.25) is 0 Å². The summed E-state index contributed by atoms with van der Waals surface area (Å²) < 4.78 is 61.5. The van der Waals surface area contributed by atoms with Gasteiger partial charge in [-0.2, -0.15) is 5.26 Å². The number of pyridine rings is 1. The van der Waals surface area contributed by atoms with Crippen LogP contribution >= 0.6 is 10.7 Å². The van der Waals surface area contributed by atoms with Gasteiger partial charge in [0.2, 0.25) is 5.88 Å². The maximum atomic E-state index is 12.0. The second-order valence-electron chi connectivity index (χ2n) is 2.82. The molecule has 1 rings (SSSR count). The number of anilines is 1. The quantitative estimate of drug-likeness (QED) is 0.827. The highest BCUT2D eigenvalue weighted by Gasteiger charge is 2.34. The fraction of sp³-hybridized carbons (Fsp3) is 0.143. The van der Waals surface area contributed by atoms with Crippen molar-refractivity contribution >= 4 is 25.4 Å². The van der Waals surface area contributed by atoms with Crippen LogP contribution in [0.15, 0.2) is 11.0 Å². The molecule has 1 aromatic heterocycles. The lowest BCUT2D eigenvalue weighted by atomic mass is 10.3. The van der Waals surface area contributed by atoms with E-state index >= 15 is 0 Å². The summed E-state index contributed by atoms with van der Waals surface area (Å²) in [7, 11) is 0.519. The number of nitriles is 1.